The van der Waals surface area contributed by atoms with Crippen molar-refractivity contribution in [1.29, 1.82) is 0 Å². The van der Waals surface area contributed by atoms with Gasteiger partial charge in [-0.2, -0.15) is 0 Å². The molecule has 27 heavy (non-hydrogen) atoms. The molecule has 4 nitrogen and oxygen atoms in total. The molecule has 0 aromatic heterocycles. The molecule has 1 aliphatic rings. The van der Waals surface area contributed by atoms with E-state index in [-0.39, 0.29) is 18.6 Å². The van der Waals surface area contributed by atoms with Crippen LogP contribution in [0.5, 0.6) is 0 Å². The summed E-state index contributed by atoms with van der Waals surface area (Å²) >= 11 is 7.67. The van der Waals surface area contributed by atoms with Gasteiger partial charge in [0.2, 0.25) is 5.91 Å². The third-order valence-corrected chi connectivity index (χ3v) is 6.13. The largest absolute Gasteiger partial charge is 0.394 e. The van der Waals surface area contributed by atoms with Crippen LogP contribution in [0.15, 0.2) is 53.4 Å². The highest BCUT2D eigenvalue weighted by molar-refractivity contribution is 8.00. The molecular weight excluding hydrogens is 380 g/mol. The Morgan fingerprint density at radius 3 is 2.48 bits per heavy atom. The molecule has 0 bridgehead atoms. The lowest BCUT2D eigenvalue weighted by molar-refractivity contribution is -0.130. The number of aliphatic hydroxyl groups is 1. The van der Waals surface area contributed by atoms with Crippen molar-refractivity contribution < 1.29 is 9.90 Å². The lowest BCUT2D eigenvalue weighted by Crippen LogP contribution is -2.50. The van der Waals surface area contributed by atoms with Crippen molar-refractivity contribution in [2.24, 2.45) is 0 Å². The zero-order valence-electron chi connectivity index (χ0n) is 15.5. The first-order chi connectivity index (χ1) is 13.1. The molecule has 1 amide bonds. The summed E-state index contributed by atoms with van der Waals surface area (Å²) in [5, 5.41) is 10.5. The molecule has 2 aromatic rings. The molecule has 1 aliphatic heterocycles. The fourth-order valence-electron chi connectivity index (χ4n) is 3.30. The van der Waals surface area contributed by atoms with Crippen LogP contribution in [0, 0.1) is 6.92 Å². The first-order valence-corrected chi connectivity index (χ1v) is 10.5. The Kier molecular flexibility index (Phi) is 7.19. The number of carbonyl (C=O) groups excluding carboxylic acids is 1. The number of piperazine rings is 1. The third-order valence-electron chi connectivity index (χ3n) is 4.90. The number of hydrogen-bond acceptors (Lipinski definition) is 4. The first kappa shape index (κ1) is 20.2. The molecule has 1 fully saturated rings. The molecule has 0 saturated carbocycles. The lowest BCUT2D eigenvalue weighted by Gasteiger charge is -2.39. The summed E-state index contributed by atoms with van der Waals surface area (Å²) in [6, 6.07) is 15.8. The topological polar surface area (TPSA) is 43.8 Å². The van der Waals surface area contributed by atoms with Crippen LogP contribution >= 0.6 is 23.4 Å². The van der Waals surface area contributed by atoms with E-state index >= 15 is 0 Å². The van der Waals surface area contributed by atoms with Crippen LogP contribution in [0.4, 0.5) is 0 Å². The molecule has 1 N–H and O–H groups in total. The summed E-state index contributed by atoms with van der Waals surface area (Å²) in [5.74, 6) is 0.629. The zero-order chi connectivity index (χ0) is 19.2. The molecule has 3 rings (SSSR count). The van der Waals surface area contributed by atoms with E-state index in [1.54, 1.807) is 11.8 Å². The van der Waals surface area contributed by atoms with Gasteiger partial charge in [0.1, 0.15) is 0 Å². The molecule has 0 radical (unpaired) electrons. The van der Waals surface area contributed by atoms with Gasteiger partial charge in [0.05, 0.1) is 18.4 Å². The van der Waals surface area contributed by atoms with Crippen LogP contribution in [0.25, 0.3) is 0 Å². The molecule has 1 atom stereocenters. The predicted octanol–water partition coefficient (Wildman–Crippen LogP) is 3.62. The number of carbonyl (C=O) groups is 1. The maximum Gasteiger partial charge on any atom is 0.233 e. The highest BCUT2D eigenvalue weighted by atomic mass is 35.5. The van der Waals surface area contributed by atoms with Crippen LogP contribution in [-0.4, -0.2) is 59.4 Å². The molecular formula is C21H25ClN2O2S. The minimum absolute atomic E-state index is 0.0393. The Bertz CT molecular complexity index is 761. The normalized spacial score (nSPS) is 16.3. The number of halogens is 1. The predicted molar refractivity (Wildman–Crippen MR) is 111 cm³/mol. The van der Waals surface area contributed by atoms with E-state index in [1.165, 1.54) is 5.56 Å². The van der Waals surface area contributed by atoms with E-state index in [9.17, 15) is 9.90 Å². The van der Waals surface area contributed by atoms with Crippen LogP contribution in [0.1, 0.15) is 17.2 Å². The minimum Gasteiger partial charge on any atom is -0.394 e. The van der Waals surface area contributed by atoms with E-state index in [4.69, 9.17) is 11.6 Å². The number of aryl methyl sites for hydroxylation is 1. The van der Waals surface area contributed by atoms with Gasteiger partial charge < -0.3 is 10.0 Å². The Morgan fingerprint density at radius 1 is 1.15 bits per heavy atom. The van der Waals surface area contributed by atoms with Crippen molar-refractivity contribution in [3.8, 4) is 0 Å². The molecule has 0 spiro atoms. The number of rotatable bonds is 6. The van der Waals surface area contributed by atoms with Gasteiger partial charge in [0.15, 0.2) is 0 Å². The number of aliphatic hydroxyl groups excluding tert-OH is 1. The summed E-state index contributed by atoms with van der Waals surface area (Å²) in [6.07, 6.45) is 0. The van der Waals surface area contributed by atoms with E-state index in [2.05, 4.69) is 36.1 Å². The summed E-state index contributed by atoms with van der Waals surface area (Å²) < 4.78 is 0. The average Bonchev–Trinajstić information content (AvgIpc) is 2.68. The van der Waals surface area contributed by atoms with Crippen molar-refractivity contribution in [3.63, 3.8) is 0 Å². The average molecular weight is 405 g/mol. The molecule has 2 aromatic carbocycles. The van der Waals surface area contributed by atoms with Gasteiger partial charge in [0, 0.05) is 36.1 Å². The van der Waals surface area contributed by atoms with Gasteiger partial charge in [-0.3, -0.25) is 9.69 Å². The first-order valence-electron chi connectivity index (χ1n) is 9.14. The Hall–Kier alpha value is -1.53. The zero-order valence-corrected chi connectivity index (χ0v) is 17.0. The van der Waals surface area contributed by atoms with Crippen molar-refractivity contribution in [1.82, 2.24) is 9.80 Å². The van der Waals surface area contributed by atoms with Crippen LogP contribution in [-0.2, 0) is 4.79 Å². The standard InChI is InChI=1S/C21H25ClN2O2S/c1-16-5-7-19(8-6-16)27-15-21(26)24-11-9-23(10-12-24)20(14-25)17-3-2-4-18(22)13-17/h2-8,13,20,25H,9-12,14-15H2,1H3/t20-/m1/s1. The fraction of sp³-hybridized carbons (Fsp3) is 0.381. The number of nitrogens with zero attached hydrogens (tertiary/aromatic N) is 2. The van der Waals surface area contributed by atoms with Crippen molar-refractivity contribution in [2.45, 2.75) is 17.9 Å². The highest BCUT2D eigenvalue weighted by Crippen LogP contribution is 2.25. The second-order valence-electron chi connectivity index (χ2n) is 6.77. The molecule has 1 heterocycles. The summed E-state index contributed by atoms with van der Waals surface area (Å²) in [7, 11) is 0. The van der Waals surface area contributed by atoms with Gasteiger partial charge in [-0.25, -0.2) is 0 Å². The van der Waals surface area contributed by atoms with Gasteiger partial charge in [-0.1, -0.05) is 41.4 Å². The van der Waals surface area contributed by atoms with Crippen molar-refractivity contribution >= 4 is 29.3 Å². The molecule has 1 saturated heterocycles. The molecule has 0 unspecified atom stereocenters. The number of thioether (sulfide) groups is 1. The molecule has 0 aliphatic carbocycles. The monoisotopic (exact) mass is 404 g/mol. The second kappa shape index (κ2) is 9.60. The van der Waals surface area contributed by atoms with Gasteiger partial charge in [-0.15, -0.1) is 11.8 Å². The van der Waals surface area contributed by atoms with E-state index in [0.29, 0.717) is 23.9 Å². The van der Waals surface area contributed by atoms with Crippen molar-refractivity contribution in [3.05, 3.63) is 64.7 Å². The SMILES string of the molecule is Cc1ccc(SCC(=O)N2CCN([C@H](CO)c3cccc(Cl)c3)CC2)cc1. The van der Waals surface area contributed by atoms with Crippen LogP contribution in [0.2, 0.25) is 5.02 Å². The highest BCUT2D eigenvalue weighted by Gasteiger charge is 2.26. The Morgan fingerprint density at radius 2 is 1.85 bits per heavy atom. The number of amides is 1. The van der Waals surface area contributed by atoms with Gasteiger partial charge >= 0.3 is 0 Å². The van der Waals surface area contributed by atoms with E-state index < -0.39 is 0 Å². The van der Waals surface area contributed by atoms with Crippen LogP contribution in [0.3, 0.4) is 0 Å². The molecule has 144 valence electrons. The maximum atomic E-state index is 12.5. The summed E-state index contributed by atoms with van der Waals surface area (Å²) in [6.45, 7) is 4.96. The summed E-state index contributed by atoms with van der Waals surface area (Å²) in [5.41, 5.74) is 2.24. The lowest BCUT2D eigenvalue weighted by atomic mass is 10.1. The van der Waals surface area contributed by atoms with Gasteiger partial charge in [-0.05, 0) is 36.8 Å². The smallest absolute Gasteiger partial charge is 0.233 e. The fourth-order valence-corrected chi connectivity index (χ4v) is 4.30. The minimum atomic E-state index is -0.0807. The maximum absolute atomic E-state index is 12.5. The Labute approximate surface area is 170 Å². The second-order valence-corrected chi connectivity index (χ2v) is 8.26. The van der Waals surface area contributed by atoms with Crippen LogP contribution < -0.4 is 0 Å². The Balaban J connectivity index is 1.51. The van der Waals surface area contributed by atoms with E-state index in [0.717, 1.165) is 23.5 Å². The number of benzene rings is 2. The third kappa shape index (κ3) is 5.48. The van der Waals surface area contributed by atoms with Gasteiger partial charge in [0.25, 0.3) is 0 Å². The number of hydrogen-bond donors (Lipinski definition) is 1. The quantitative estimate of drug-likeness (QED) is 0.747. The van der Waals surface area contributed by atoms with Crippen molar-refractivity contribution in [2.75, 3.05) is 38.5 Å². The van der Waals surface area contributed by atoms with E-state index in [1.807, 2.05) is 29.2 Å². The molecule has 6 heteroatoms. The summed E-state index contributed by atoms with van der Waals surface area (Å²) in [4.78, 5) is 17.8.